The Bertz CT molecular complexity index is 318. The number of ether oxygens (including phenoxy) is 2. The molecule has 0 aliphatic carbocycles. The van der Waals surface area contributed by atoms with E-state index in [9.17, 15) is 5.11 Å². The fourth-order valence-corrected chi connectivity index (χ4v) is 1.76. The van der Waals surface area contributed by atoms with Gasteiger partial charge in [0.05, 0.1) is 25.4 Å². The van der Waals surface area contributed by atoms with E-state index < -0.39 is 6.10 Å². The fraction of sp³-hybridized carbons (Fsp3) is 0.600. The molecule has 0 heterocycles. The van der Waals surface area contributed by atoms with Gasteiger partial charge < -0.3 is 19.9 Å². The lowest BCUT2D eigenvalue weighted by Gasteiger charge is -2.16. The summed E-state index contributed by atoms with van der Waals surface area (Å²) in [5, 5.41) is 13.0. The Morgan fingerprint density at radius 2 is 1.95 bits per heavy atom. The molecule has 1 aromatic carbocycles. The molecule has 4 nitrogen and oxygen atoms in total. The van der Waals surface area contributed by atoms with Gasteiger partial charge in [0.25, 0.3) is 0 Å². The van der Waals surface area contributed by atoms with E-state index in [1.807, 2.05) is 25.1 Å². The largest absolute Gasteiger partial charge is 0.389 e. The van der Waals surface area contributed by atoms with Crippen molar-refractivity contribution in [2.75, 3.05) is 33.4 Å². The highest BCUT2D eigenvalue weighted by molar-refractivity contribution is 5.14. The summed E-state index contributed by atoms with van der Waals surface area (Å²) in [6, 6.07) is 10.3. The van der Waals surface area contributed by atoms with Crippen LogP contribution >= 0.6 is 0 Å². The lowest BCUT2D eigenvalue weighted by Crippen LogP contribution is -2.33. The SMILES string of the molecule is COCC(C)OCC(O)CNCCc1ccccc1. The van der Waals surface area contributed by atoms with Gasteiger partial charge in [-0.3, -0.25) is 0 Å². The standard InChI is InChI=1S/C15H25NO3/c1-13(11-18-2)19-12-15(17)10-16-9-8-14-6-4-3-5-7-14/h3-7,13,15-17H,8-12H2,1-2H3. The number of hydrogen-bond acceptors (Lipinski definition) is 4. The van der Waals surface area contributed by atoms with Crippen LogP contribution in [0.1, 0.15) is 12.5 Å². The molecule has 19 heavy (non-hydrogen) atoms. The first kappa shape index (κ1) is 16.1. The summed E-state index contributed by atoms with van der Waals surface area (Å²) < 4.78 is 10.4. The van der Waals surface area contributed by atoms with E-state index in [-0.39, 0.29) is 6.10 Å². The number of aliphatic hydroxyl groups is 1. The third-order valence-electron chi connectivity index (χ3n) is 2.79. The first-order valence-corrected chi connectivity index (χ1v) is 6.75. The molecule has 4 heteroatoms. The first-order valence-electron chi connectivity index (χ1n) is 6.75. The van der Waals surface area contributed by atoms with Crippen LogP contribution in [0, 0.1) is 0 Å². The molecule has 0 radical (unpaired) electrons. The van der Waals surface area contributed by atoms with Gasteiger partial charge in [0.15, 0.2) is 0 Å². The molecule has 2 unspecified atom stereocenters. The van der Waals surface area contributed by atoms with Crippen LogP contribution < -0.4 is 5.32 Å². The Morgan fingerprint density at radius 3 is 2.63 bits per heavy atom. The highest BCUT2D eigenvalue weighted by Gasteiger charge is 2.07. The molecule has 0 spiro atoms. The van der Waals surface area contributed by atoms with E-state index in [0.717, 1.165) is 13.0 Å². The summed E-state index contributed by atoms with van der Waals surface area (Å²) in [5.74, 6) is 0. The van der Waals surface area contributed by atoms with Crippen LogP contribution in [0.3, 0.4) is 0 Å². The summed E-state index contributed by atoms with van der Waals surface area (Å²) >= 11 is 0. The number of hydrogen-bond donors (Lipinski definition) is 2. The van der Waals surface area contributed by atoms with Gasteiger partial charge in [0.1, 0.15) is 0 Å². The normalized spacial score (nSPS) is 14.3. The van der Waals surface area contributed by atoms with Crippen LogP contribution in [0.4, 0.5) is 0 Å². The average Bonchev–Trinajstić information content (AvgIpc) is 2.43. The van der Waals surface area contributed by atoms with Gasteiger partial charge in [-0.1, -0.05) is 30.3 Å². The lowest BCUT2D eigenvalue weighted by atomic mass is 10.1. The molecule has 2 atom stereocenters. The Hall–Kier alpha value is -0.940. The van der Waals surface area contributed by atoms with Crippen LogP contribution in [-0.4, -0.2) is 50.7 Å². The monoisotopic (exact) mass is 267 g/mol. The van der Waals surface area contributed by atoms with E-state index in [1.54, 1.807) is 7.11 Å². The van der Waals surface area contributed by atoms with Crippen molar-refractivity contribution < 1.29 is 14.6 Å². The van der Waals surface area contributed by atoms with E-state index in [0.29, 0.717) is 19.8 Å². The summed E-state index contributed by atoms with van der Waals surface area (Å²) in [6.45, 7) is 4.22. The van der Waals surface area contributed by atoms with Crippen LogP contribution in [0.2, 0.25) is 0 Å². The van der Waals surface area contributed by atoms with E-state index in [1.165, 1.54) is 5.56 Å². The Balaban J connectivity index is 2.02. The van der Waals surface area contributed by atoms with Crippen LogP contribution in [-0.2, 0) is 15.9 Å². The quantitative estimate of drug-likeness (QED) is 0.626. The van der Waals surface area contributed by atoms with Gasteiger partial charge in [-0.15, -0.1) is 0 Å². The second-order valence-corrected chi connectivity index (χ2v) is 4.69. The first-order chi connectivity index (χ1) is 9.22. The van der Waals surface area contributed by atoms with Crippen molar-refractivity contribution in [2.45, 2.75) is 25.6 Å². The summed E-state index contributed by atoms with van der Waals surface area (Å²) in [5.41, 5.74) is 1.30. The van der Waals surface area contributed by atoms with E-state index in [2.05, 4.69) is 17.4 Å². The smallest absolute Gasteiger partial charge is 0.0897 e. The minimum Gasteiger partial charge on any atom is -0.389 e. The molecule has 0 saturated carbocycles. The van der Waals surface area contributed by atoms with Gasteiger partial charge in [0, 0.05) is 13.7 Å². The number of nitrogens with one attached hydrogen (secondary N) is 1. The third-order valence-corrected chi connectivity index (χ3v) is 2.79. The molecular weight excluding hydrogens is 242 g/mol. The minimum absolute atomic E-state index is 0.0176. The second-order valence-electron chi connectivity index (χ2n) is 4.69. The topological polar surface area (TPSA) is 50.7 Å². The van der Waals surface area contributed by atoms with Crippen molar-refractivity contribution in [2.24, 2.45) is 0 Å². The average molecular weight is 267 g/mol. The molecule has 108 valence electrons. The molecule has 0 bridgehead atoms. The third kappa shape index (κ3) is 7.95. The van der Waals surface area contributed by atoms with E-state index in [4.69, 9.17) is 9.47 Å². The van der Waals surface area contributed by atoms with Gasteiger partial charge in [-0.2, -0.15) is 0 Å². The van der Waals surface area contributed by atoms with Crippen molar-refractivity contribution in [3.63, 3.8) is 0 Å². The molecule has 0 aliphatic heterocycles. The lowest BCUT2D eigenvalue weighted by molar-refractivity contribution is -0.0310. The highest BCUT2D eigenvalue weighted by atomic mass is 16.5. The zero-order valence-corrected chi connectivity index (χ0v) is 11.8. The highest BCUT2D eigenvalue weighted by Crippen LogP contribution is 1.98. The van der Waals surface area contributed by atoms with Crippen LogP contribution in [0.5, 0.6) is 0 Å². The molecule has 1 aromatic rings. The molecular formula is C15H25NO3. The van der Waals surface area contributed by atoms with Gasteiger partial charge in [-0.05, 0) is 25.5 Å². The van der Waals surface area contributed by atoms with Crippen molar-refractivity contribution in [3.8, 4) is 0 Å². The zero-order valence-electron chi connectivity index (χ0n) is 11.8. The number of benzene rings is 1. The summed E-state index contributed by atoms with van der Waals surface area (Å²) in [4.78, 5) is 0. The summed E-state index contributed by atoms with van der Waals surface area (Å²) in [7, 11) is 1.64. The van der Waals surface area contributed by atoms with Gasteiger partial charge >= 0.3 is 0 Å². The fourth-order valence-electron chi connectivity index (χ4n) is 1.76. The van der Waals surface area contributed by atoms with Gasteiger partial charge in [-0.25, -0.2) is 0 Å². The molecule has 0 amide bonds. The Kier molecular flexibility index (Phi) is 8.41. The number of methoxy groups -OCH3 is 1. The zero-order chi connectivity index (χ0) is 13.9. The maximum atomic E-state index is 9.74. The maximum Gasteiger partial charge on any atom is 0.0897 e. The Labute approximate surface area is 115 Å². The molecule has 0 aromatic heterocycles. The van der Waals surface area contributed by atoms with Crippen LogP contribution in [0.15, 0.2) is 30.3 Å². The number of rotatable bonds is 10. The Morgan fingerprint density at radius 1 is 1.21 bits per heavy atom. The van der Waals surface area contributed by atoms with E-state index >= 15 is 0 Å². The van der Waals surface area contributed by atoms with Crippen molar-refractivity contribution in [3.05, 3.63) is 35.9 Å². The van der Waals surface area contributed by atoms with Crippen molar-refractivity contribution in [1.29, 1.82) is 0 Å². The minimum atomic E-state index is -0.477. The maximum absolute atomic E-state index is 9.74. The second kappa shape index (κ2) is 9.92. The molecule has 1 rings (SSSR count). The molecule has 0 aliphatic rings. The van der Waals surface area contributed by atoms with Crippen molar-refractivity contribution in [1.82, 2.24) is 5.32 Å². The predicted octanol–water partition coefficient (Wildman–Crippen LogP) is 1.23. The summed E-state index contributed by atoms with van der Waals surface area (Å²) in [6.07, 6.45) is 0.508. The van der Waals surface area contributed by atoms with Crippen molar-refractivity contribution >= 4 is 0 Å². The van der Waals surface area contributed by atoms with Gasteiger partial charge in [0.2, 0.25) is 0 Å². The van der Waals surface area contributed by atoms with Crippen LogP contribution in [0.25, 0.3) is 0 Å². The molecule has 0 saturated heterocycles. The molecule has 2 N–H and O–H groups in total. The molecule has 0 fully saturated rings. The number of aliphatic hydroxyl groups excluding tert-OH is 1. The predicted molar refractivity (Wildman–Crippen MR) is 76.3 cm³/mol.